The first-order chi connectivity index (χ1) is 10.0. The van der Waals surface area contributed by atoms with Gasteiger partial charge in [0.2, 0.25) is 0 Å². The van der Waals surface area contributed by atoms with E-state index >= 15 is 0 Å². The highest BCUT2D eigenvalue weighted by molar-refractivity contribution is 9.10. The fraction of sp³-hybridized carbons (Fsp3) is 0.812. The molecule has 0 radical (unpaired) electrons. The minimum atomic E-state index is 0.562. The van der Waals surface area contributed by atoms with Gasteiger partial charge in [0.05, 0.1) is 15.9 Å². The first-order valence-electron chi connectivity index (χ1n) is 8.17. The highest BCUT2D eigenvalue weighted by atomic mass is 79.9. The Labute approximate surface area is 137 Å². The van der Waals surface area contributed by atoms with E-state index in [-0.39, 0.29) is 0 Å². The minimum absolute atomic E-state index is 0.562. The van der Waals surface area contributed by atoms with Gasteiger partial charge in [-0.3, -0.25) is 9.58 Å². The number of aromatic nitrogens is 2. The number of nitrogens with one attached hydrogen (secondary N) is 1. The van der Waals surface area contributed by atoms with Gasteiger partial charge in [0.25, 0.3) is 0 Å². The van der Waals surface area contributed by atoms with Crippen molar-refractivity contribution in [3.05, 3.63) is 15.9 Å². The molecule has 0 atom stereocenters. The molecule has 1 aliphatic heterocycles. The lowest BCUT2D eigenvalue weighted by Crippen LogP contribution is -2.39. The summed E-state index contributed by atoms with van der Waals surface area (Å²) in [6.07, 6.45) is 3.58. The third-order valence-corrected chi connectivity index (χ3v) is 5.45. The molecule has 4 nitrogen and oxygen atoms in total. The van der Waals surface area contributed by atoms with E-state index in [0.29, 0.717) is 6.04 Å². The fourth-order valence-electron chi connectivity index (χ4n) is 3.04. The van der Waals surface area contributed by atoms with Gasteiger partial charge >= 0.3 is 0 Å². The van der Waals surface area contributed by atoms with Gasteiger partial charge in [0, 0.05) is 26.2 Å². The SMILES string of the molecule is CCc1nn(C)c(CN(CC2CCNCC2)C(C)C)c1Br. The zero-order valence-electron chi connectivity index (χ0n) is 13.8. The number of rotatable bonds is 6. The molecular weight excluding hydrogens is 328 g/mol. The van der Waals surface area contributed by atoms with Crippen LogP contribution in [0.2, 0.25) is 0 Å². The van der Waals surface area contributed by atoms with E-state index in [1.807, 2.05) is 4.68 Å². The first kappa shape index (κ1) is 17.0. The van der Waals surface area contributed by atoms with Gasteiger partial charge in [-0.05, 0) is 68.0 Å². The van der Waals surface area contributed by atoms with Crippen molar-refractivity contribution in [2.24, 2.45) is 13.0 Å². The smallest absolute Gasteiger partial charge is 0.0767 e. The molecule has 1 aliphatic rings. The summed E-state index contributed by atoms with van der Waals surface area (Å²) in [5.74, 6) is 0.825. The molecule has 0 bridgehead atoms. The topological polar surface area (TPSA) is 33.1 Å². The zero-order valence-corrected chi connectivity index (χ0v) is 15.4. The summed E-state index contributed by atoms with van der Waals surface area (Å²) in [6, 6.07) is 0.562. The molecule has 0 spiro atoms. The molecule has 0 unspecified atom stereocenters. The number of aryl methyl sites for hydroxylation is 2. The molecule has 5 heteroatoms. The standard InChI is InChI=1S/C16H29BrN4/c1-5-14-16(17)15(20(4)19-14)11-21(12(2)3)10-13-6-8-18-9-7-13/h12-13,18H,5-11H2,1-4H3. The first-order valence-corrected chi connectivity index (χ1v) is 8.97. The van der Waals surface area contributed by atoms with Crippen LogP contribution in [0.4, 0.5) is 0 Å². The normalized spacial score (nSPS) is 17.1. The maximum Gasteiger partial charge on any atom is 0.0767 e. The van der Waals surface area contributed by atoms with E-state index in [2.05, 4.69) is 59.1 Å². The number of hydrogen-bond donors (Lipinski definition) is 1. The number of halogens is 1. The molecule has 0 saturated carbocycles. The van der Waals surface area contributed by atoms with Crippen LogP contribution in [0.15, 0.2) is 4.47 Å². The minimum Gasteiger partial charge on any atom is -0.317 e. The number of piperidine rings is 1. The number of hydrogen-bond acceptors (Lipinski definition) is 3. The van der Waals surface area contributed by atoms with Crippen molar-refractivity contribution >= 4 is 15.9 Å². The third-order valence-electron chi connectivity index (χ3n) is 4.54. The van der Waals surface area contributed by atoms with Crippen LogP contribution in [-0.2, 0) is 20.0 Å². The zero-order chi connectivity index (χ0) is 15.4. The van der Waals surface area contributed by atoms with Gasteiger partial charge in [-0.1, -0.05) is 6.92 Å². The van der Waals surface area contributed by atoms with Crippen molar-refractivity contribution in [3.63, 3.8) is 0 Å². The molecule has 1 fully saturated rings. The molecule has 2 rings (SSSR count). The van der Waals surface area contributed by atoms with Crippen molar-refractivity contribution in [3.8, 4) is 0 Å². The van der Waals surface area contributed by atoms with Crippen molar-refractivity contribution in [1.29, 1.82) is 0 Å². The molecule has 21 heavy (non-hydrogen) atoms. The maximum atomic E-state index is 4.62. The maximum absolute atomic E-state index is 4.62. The monoisotopic (exact) mass is 356 g/mol. The molecule has 1 aromatic rings. The van der Waals surface area contributed by atoms with Crippen LogP contribution in [0.5, 0.6) is 0 Å². The predicted octanol–water partition coefficient (Wildman–Crippen LogP) is 2.96. The van der Waals surface area contributed by atoms with Gasteiger partial charge in [-0.15, -0.1) is 0 Å². The molecule has 1 saturated heterocycles. The second kappa shape index (κ2) is 7.75. The third kappa shape index (κ3) is 4.30. The Morgan fingerprint density at radius 1 is 1.38 bits per heavy atom. The quantitative estimate of drug-likeness (QED) is 0.850. The lowest BCUT2D eigenvalue weighted by atomic mass is 9.97. The Morgan fingerprint density at radius 3 is 2.57 bits per heavy atom. The van der Waals surface area contributed by atoms with Crippen LogP contribution in [0.3, 0.4) is 0 Å². The molecule has 120 valence electrons. The Balaban J connectivity index is 2.07. The van der Waals surface area contributed by atoms with Crippen molar-refractivity contribution in [2.45, 2.75) is 52.6 Å². The molecular formula is C16H29BrN4. The van der Waals surface area contributed by atoms with Crippen molar-refractivity contribution in [2.75, 3.05) is 19.6 Å². The summed E-state index contributed by atoms with van der Waals surface area (Å²) >= 11 is 3.75. The van der Waals surface area contributed by atoms with Crippen LogP contribution >= 0.6 is 15.9 Å². The van der Waals surface area contributed by atoms with Gasteiger partial charge in [0.15, 0.2) is 0 Å². The van der Waals surface area contributed by atoms with Crippen LogP contribution in [-0.4, -0.2) is 40.4 Å². The Hall–Kier alpha value is -0.390. The molecule has 0 aromatic carbocycles. The van der Waals surface area contributed by atoms with E-state index in [9.17, 15) is 0 Å². The second-order valence-corrected chi connectivity index (χ2v) is 7.19. The van der Waals surface area contributed by atoms with Crippen LogP contribution in [0.1, 0.15) is 45.0 Å². The molecule has 0 amide bonds. The fourth-order valence-corrected chi connectivity index (χ4v) is 3.78. The van der Waals surface area contributed by atoms with Crippen LogP contribution in [0.25, 0.3) is 0 Å². The van der Waals surface area contributed by atoms with Crippen molar-refractivity contribution < 1.29 is 0 Å². The predicted molar refractivity (Wildman–Crippen MR) is 91.4 cm³/mol. The average molecular weight is 357 g/mol. The summed E-state index contributed by atoms with van der Waals surface area (Å²) in [5, 5.41) is 8.08. The summed E-state index contributed by atoms with van der Waals surface area (Å²) in [6.45, 7) is 11.3. The molecule has 2 heterocycles. The van der Waals surface area contributed by atoms with Gasteiger partial charge in [-0.25, -0.2) is 0 Å². The average Bonchev–Trinajstić information content (AvgIpc) is 2.74. The van der Waals surface area contributed by atoms with E-state index < -0.39 is 0 Å². The van der Waals surface area contributed by atoms with E-state index in [0.717, 1.165) is 24.6 Å². The highest BCUT2D eigenvalue weighted by Crippen LogP contribution is 2.25. The molecule has 1 aromatic heterocycles. The summed E-state index contributed by atoms with van der Waals surface area (Å²) < 4.78 is 3.24. The summed E-state index contributed by atoms with van der Waals surface area (Å²) in [4.78, 5) is 2.59. The Kier molecular flexibility index (Phi) is 6.26. The van der Waals surface area contributed by atoms with Gasteiger partial charge in [-0.2, -0.15) is 5.10 Å². The Morgan fingerprint density at radius 2 is 2.05 bits per heavy atom. The molecule has 1 N–H and O–H groups in total. The second-order valence-electron chi connectivity index (χ2n) is 6.40. The summed E-state index contributed by atoms with van der Waals surface area (Å²) in [7, 11) is 2.06. The van der Waals surface area contributed by atoms with Gasteiger partial charge < -0.3 is 5.32 Å². The highest BCUT2D eigenvalue weighted by Gasteiger charge is 2.22. The van der Waals surface area contributed by atoms with Gasteiger partial charge in [0.1, 0.15) is 0 Å². The van der Waals surface area contributed by atoms with E-state index in [4.69, 9.17) is 0 Å². The molecule has 0 aliphatic carbocycles. The lowest BCUT2D eigenvalue weighted by Gasteiger charge is -2.32. The largest absolute Gasteiger partial charge is 0.317 e. The summed E-state index contributed by atoms with van der Waals surface area (Å²) in [5.41, 5.74) is 2.47. The Bertz CT molecular complexity index is 449. The van der Waals surface area contributed by atoms with E-state index in [1.54, 1.807) is 0 Å². The number of nitrogens with zero attached hydrogens (tertiary/aromatic N) is 3. The van der Waals surface area contributed by atoms with Crippen LogP contribution < -0.4 is 5.32 Å². The van der Waals surface area contributed by atoms with E-state index in [1.165, 1.54) is 42.6 Å². The van der Waals surface area contributed by atoms with Crippen molar-refractivity contribution in [1.82, 2.24) is 20.0 Å². The lowest BCUT2D eigenvalue weighted by molar-refractivity contribution is 0.158. The van der Waals surface area contributed by atoms with Crippen LogP contribution in [0, 0.1) is 5.92 Å².